The first-order valence-electron chi connectivity index (χ1n) is 4.84. The fraction of sp³-hybridized carbons (Fsp3) is 0.0833. The van der Waals surface area contributed by atoms with Crippen LogP contribution in [-0.4, -0.2) is 5.78 Å². The van der Waals surface area contributed by atoms with Gasteiger partial charge in [-0.05, 0) is 29.1 Å². The van der Waals surface area contributed by atoms with E-state index in [4.69, 9.17) is 4.42 Å². The van der Waals surface area contributed by atoms with E-state index in [1.165, 1.54) is 9.40 Å². The molecule has 0 radical (unpaired) electrons. The highest BCUT2D eigenvalue weighted by Gasteiger charge is 2.12. The Morgan fingerprint density at radius 3 is 3.00 bits per heavy atom. The van der Waals surface area contributed by atoms with Crippen LogP contribution in [0.1, 0.15) is 15.2 Å². The maximum Gasteiger partial charge on any atom is 0.177 e. The minimum absolute atomic E-state index is 0.162. The van der Waals surface area contributed by atoms with E-state index in [9.17, 15) is 4.79 Å². The van der Waals surface area contributed by atoms with Gasteiger partial charge in [-0.3, -0.25) is 4.79 Å². The summed E-state index contributed by atoms with van der Waals surface area (Å²) in [5.74, 6) is 0.162. The van der Waals surface area contributed by atoms with Crippen molar-refractivity contribution in [1.29, 1.82) is 0 Å². The second-order valence-corrected chi connectivity index (χ2v) is 5.52. The number of hydrogen-bond donors (Lipinski definition) is 0. The second kappa shape index (κ2) is 3.88. The van der Waals surface area contributed by atoms with E-state index in [-0.39, 0.29) is 5.78 Å². The Morgan fingerprint density at radius 1 is 1.31 bits per heavy atom. The highest BCUT2D eigenvalue weighted by molar-refractivity contribution is 7.27. The van der Waals surface area contributed by atoms with Crippen molar-refractivity contribution in [2.24, 2.45) is 0 Å². The lowest BCUT2D eigenvalue weighted by Gasteiger charge is -1.93. The highest BCUT2D eigenvalue weighted by atomic mass is 32.1. The third-order valence-corrected chi connectivity index (χ3v) is 4.49. The van der Waals surface area contributed by atoms with Gasteiger partial charge in [0.05, 0.1) is 17.4 Å². The standard InChI is InChI=1S/C12H8O2S2/c13-9(5-8-1-3-14-7-8)11-6-12-10(16-11)2-4-15-12/h1-4,6-7H,5H2. The molecule has 0 unspecified atom stereocenters. The lowest BCUT2D eigenvalue weighted by molar-refractivity contribution is 0.0996. The predicted octanol–water partition coefficient (Wildman–Crippen LogP) is 3.98. The molecule has 16 heavy (non-hydrogen) atoms. The molecule has 4 heteroatoms. The summed E-state index contributed by atoms with van der Waals surface area (Å²) in [5.41, 5.74) is 0.932. The molecule has 0 amide bonds. The lowest BCUT2D eigenvalue weighted by Crippen LogP contribution is -1.99. The number of thiophene rings is 2. The molecule has 3 aromatic rings. The normalized spacial score (nSPS) is 11.0. The zero-order chi connectivity index (χ0) is 11.0. The summed E-state index contributed by atoms with van der Waals surface area (Å²) in [7, 11) is 0. The Hall–Kier alpha value is -1.39. The summed E-state index contributed by atoms with van der Waals surface area (Å²) < 4.78 is 7.34. The molecule has 0 N–H and O–H groups in total. The van der Waals surface area contributed by atoms with Gasteiger partial charge in [0.1, 0.15) is 0 Å². The zero-order valence-electron chi connectivity index (χ0n) is 8.30. The van der Waals surface area contributed by atoms with Crippen molar-refractivity contribution in [2.75, 3.05) is 0 Å². The molecule has 0 aromatic carbocycles. The summed E-state index contributed by atoms with van der Waals surface area (Å²) >= 11 is 3.24. The number of carbonyl (C=O) groups is 1. The largest absolute Gasteiger partial charge is 0.472 e. The van der Waals surface area contributed by atoms with Gasteiger partial charge in [0.15, 0.2) is 5.78 Å². The van der Waals surface area contributed by atoms with Gasteiger partial charge in [-0.25, -0.2) is 0 Å². The Morgan fingerprint density at radius 2 is 2.25 bits per heavy atom. The number of fused-ring (bicyclic) bond motifs is 1. The van der Waals surface area contributed by atoms with Crippen LogP contribution in [0.3, 0.4) is 0 Å². The maximum atomic E-state index is 12.0. The number of rotatable bonds is 3. The summed E-state index contributed by atoms with van der Waals surface area (Å²) in [5, 5.41) is 2.05. The third kappa shape index (κ3) is 1.70. The summed E-state index contributed by atoms with van der Waals surface area (Å²) in [6.45, 7) is 0. The smallest absolute Gasteiger partial charge is 0.177 e. The minimum Gasteiger partial charge on any atom is -0.472 e. The number of furan rings is 1. The SMILES string of the molecule is O=C(Cc1ccoc1)c1cc2sccc2s1. The topological polar surface area (TPSA) is 30.2 Å². The molecule has 0 spiro atoms. The van der Waals surface area contributed by atoms with Crippen molar-refractivity contribution < 1.29 is 9.21 Å². The van der Waals surface area contributed by atoms with Crippen LogP contribution in [0.25, 0.3) is 9.40 Å². The van der Waals surface area contributed by atoms with E-state index in [2.05, 4.69) is 6.07 Å². The van der Waals surface area contributed by atoms with Crippen molar-refractivity contribution in [2.45, 2.75) is 6.42 Å². The van der Waals surface area contributed by atoms with Gasteiger partial charge in [0.2, 0.25) is 0 Å². The van der Waals surface area contributed by atoms with Crippen molar-refractivity contribution in [1.82, 2.24) is 0 Å². The van der Waals surface area contributed by atoms with Crippen molar-refractivity contribution in [3.8, 4) is 0 Å². The average molecular weight is 248 g/mol. The maximum absolute atomic E-state index is 12.0. The van der Waals surface area contributed by atoms with Gasteiger partial charge >= 0.3 is 0 Å². The Labute approximate surface area is 100 Å². The molecule has 0 aliphatic rings. The molecule has 0 aliphatic heterocycles. The van der Waals surface area contributed by atoms with Crippen LogP contribution in [0.2, 0.25) is 0 Å². The Balaban J connectivity index is 1.87. The number of hydrogen-bond acceptors (Lipinski definition) is 4. The van der Waals surface area contributed by atoms with Gasteiger partial charge in [0.25, 0.3) is 0 Å². The quantitative estimate of drug-likeness (QED) is 0.656. The van der Waals surface area contributed by atoms with Crippen LogP contribution in [0, 0.1) is 0 Å². The van der Waals surface area contributed by atoms with Crippen LogP contribution < -0.4 is 0 Å². The predicted molar refractivity (Wildman–Crippen MR) is 66.4 cm³/mol. The summed E-state index contributed by atoms with van der Waals surface area (Å²) in [4.78, 5) is 12.8. The molecular weight excluding hydrogens is 240 g/mol. The molecule has 0 bridgehead atoms. The van der Waals surface area contributed by atoms with Gasteiger partial charge in [-0.1, -0.05) is 0 Å². The molecule has 0 fully saturated rings. The summed E-state index contributed by atoms with van der Waals surface area (Å²) in [6.07, 6.45) is 3.63. The monoisotopic (exact) mass is 248 g/mol. The van der Waals surface area contributed by atoms with Gasteiger partial charge in [-0.2, -0.15) is 0 Å². The van der Waals surface area contributed by atoms with E-state index in [1.807, 2.05) is 17.5 Å². The molecular formula is C12H8O2S2. The second-order valence-electron chi connectivity index (χ2n) is 3.49. The summed E-state index contributed by atoms with van der Waals surface area (Å²) in [6, 6.07) is 5.86. The Bertz CT molecular complexity index is 588. The third-order valence-electron chi connectivity index (χ3n) is 2.36. The van der Waals surface area contributed by atoms with Gasteiger partial charge < -0.3 is 4.42 Å². The minimum atomic E-state index is 0.162. The number of ketones is 1. The Kier molecular flexibility index (Phi) is 2.38. The molecule has 3 heterocycles. The van der Waals surface area contributed by atoms with Crippen molar-refractivity contribution in [3.05, 3.63) is 46.5 Å². The van der Waals surface area contributed by atoms with E-state index < -0.39 is 0 Å². The van der Waals surface area contributed by atoms with Crippen molar-refractivity contribution >= 4 is 37.9 Å². The number of carbonyl (C=O) groups excluding carboxylic acids is 1. The number of Topliss-reactive ketones (excluding diaryl/α,β-unsaturated/α-hetero) is 1. The fourth-order valence-electron chi connectivity index (χ4n) is 1.57. The molecule has 0 saturated heterocycles. The van der Waals surface area contributed by atoms with E-state index in [1.54, 1.807) is 35.2 Å². The first kappa shape index (κ1) is 9.81. The zero-order valence-corrected chi connectivity index (χ0v) is 9.94. The van der Waals surface area contributed by atoms with Gasteiger partial charge in [-0.15, -0.1) is 22.7 Å². The van der Waals surface area contributed by atoms with Crippen molar-refractivity contribution in [3.63, 3.8) is 0 Å². The van der Waals surface area contributed by atoms with Crippen LogP contribution in [0.5, 0.6) is 0 Å². The van der Waals surface area contributed by atoms with Crippen LogP contribution in [0.15, 0.2) is 40.5 Å². The molecule has 2 nitrogen and oxygen atoms in total. The van der Waals surface area contributed by atoms with E-state index >= 15 is 0 Å². The molecule has 0 saturated carbocycles. The fourth-order valence-corrected chi connectivity index (χ4v) is 3.62. The molecule has 80 valence electrons. The van der Waals surface area contributed by atoms with Crippen LogP contribution in [-0.2, 0) is 6.42 Å². The van der Waals surface area contributed by atoms with E-state index in [0.29, 0.717) is 6.42 Å². The van der Waals surface area contributed by atoms with Crippen LogP contribution >= 0.6 is 22.7 Å². The van der Waals surface area contributed by atoms with Crippen LogP contribution in [0.4, 0.5) is 0 Å². The van der Waals surface area contributed by atoms with Gasteiger partial charge in [0, 0.05) is 15.8 Å². The molecule has 0 aliphatic carbocycles. The molecule has 3 rings (SSSR count). The first-order valence-corrected chi connectivity index (χ1v) is 6.54. The highest BCUT2D eigenvalue weighted by Crippen LogP contribution is 2.30. The molecule has 3 aromatic heterocycles. The lowest BCUT2D eigenvalue weighted by atomic mass is 10.1. The first-order chi connectivity index (χ1) is 7.83. The average Bonchev–Trinajstić information content (AvgIpc) is 2.91. The molecule has 0 atom stereocenters. The van der Waals surface area contributed by atoms with E-state index in [0.717, 1.165) is 10.4 Å².